The van der Waals surface area contributed by atoms with Gasteiger partial charge in [-0.1, -0.05) is 35.5 Å². The number of nitrogens with one attached hydrogen (secondary N) is 2. The first-order valence-corrected chi connectivity index (χ1v) is 13.3. The molecule has 0 saturated carbocycles. The number of carbonyl (C=O) groups excluding carboxylic acids is 2. The molecule has 1 heterocycles. The minimum Gasteiger partial charge on any atom is -0.497 e. The standard InChI is InChI=1S/C27H22ClF4N5O3S/c1-40-20-9-2-16(3-10-20)12-24(38)33-14-23-35-36-26(37(23)19-7-5-18(29)6-8-19)41-15-25(39)34-22-13-17(27(30,31)32)4-11-21(22)28/h2-11,13H,12,14-15H2,1H3,(H,33,38)(H,34,39). The predicted molar refractivity (Wildman–Crippen MR) is 146 cm³/mol. The molecule has 14 heteroatoms. The molecular formula is C27H22ClF4N5O3S. The average Bonchev–Trinajstić information content (AvgIpc) is 3.35. The molecule has 2 N–H and O–H groups in total. The molecule has 0 fully saturated rings. The Kier molecular flexibility index (Phi) is 9.50. The summed E-state index contributed by atoms with van der Waals surface area (Å²) in [6, 6.07) is 15.1. The lowest BCUT2D eigenvalue weighted by molar-refractivity contribution is -0.137. The summed E-state index contributed by atoms with van der Waals surface area (Å²) in [5.41, 5.74) is 0.0954. The molecule has 0 bridgehead atoms. The van der Waals surface area contributed by atoms with Gasteiger partial charge >= 0.3 is 6.18 Å². The first-order valence-electron chi connectivity index (χ1n) is 11.9. The lowest BCUT2D eigenvalue weighted by Crippen LogP contribution is -2.26. The van der Waals surface area contributed by atoms with Crippen molar-refractivity contribution in [3.63, 3.8) is 0 Å². The maximum Gasteiger partial charge on any atom is 0.416 e. The molecule has 41 heavy (non-hydrogen) atoms. The van der Waals surface area contributed by atoms with E-state index in [4.69, 9.17) is 16.3 Å². The van der Waals surface area contributed by atoms with Crippen LogP contribution in [0.3, 0.4) is 0 Å². The van der Waals surface area contributed by atoms with E-state index in [1.54, 1.807) is 35.9 Å². The molecule has 0 unspecified atom stereocenters. The number of aromatic nitrogens is 3. The number of carbonyl (C=O) groups is 2. The van der Waals surface area contributed by atoms with Crippen LogP contribution in [0, 0.1) is 5.82 Å². The fraction of sp³-hybridized carbons (Fsp3) is 0.185. The van der Waals surface area contributed by atoms with Crippen molar-refractivity contribution in [1.82, 2.24) is 20.1 Å². The van der Waals surface area contributed by atoms with Gasteiger partial charge in [0.1, 0.15) is 11.6 Å². The third-order valence-corrected chi connectivity index (χ3v) is 6.91. The van der Waals surface area contributed by atoms with Gasteiger partial charge in [-0.25, -0.2) is 4.39 Å². The van der Waals surface area contributed by atoms with Gasteiger partial charge < -0.3 is 15.4 Å². The minimum absolute atomic E-state index is 0.0219. The zero-order chi connectivity index (χ0) is 29.6. The summed E-state index contributed by atoms with van der Waals surface area (Å²) in [7, 11) is 1.55. The molecular weight excluding hydrogens is 586 g/mol. The Balaban J connectivity index is 1.46. The van der Waals surface area contributed by atoms with Gasteiger partial charge in [0.15, 0.2) is 11.0 Å². The number of thioether (sulfide) groups is 1. The lowest BCUT2D eigenvalue weighted by Gasteiger charge is -2.12. The molecule has 0 aliphatic heterocycles. The second-order valence-electron chi connectivity index (χ2n) is 8.54. The van der Waals surface area contributed by atoms with Crippen LogP contribution in [0.1, 0.15) is 17.0 Å². The molecule has 8 nitrogen and oxygen atoms in total. The van der Waals surface area contributed by atoms with Crippen LogP contribution in [0.15, 0.2) is 71.9 Å². The van der Waals surface area contributed by atoms with Gasteiger partial charge in [0.25, 0.3) is 0 Å². The third-order valence-electron chi connectivity index (χ3n) is 5.65. The summed E-state index contributed by atoms with van der Waals surface area (Å²) < 4.78 is 59.4. The van der Waals surface area contributed by atoms with Crippen molar-refractivity contribution in [2.75, 3.05) is 18.2 Å². The average molecular weight is 608 g/mol. The monoisotopic (exact) mass is 607 g/mol. The number of anilines is 1. The fourth-order valence-corrected chi connectivity index (χ4v) is 4.58. The highest BCUT2D eigenvalue weighted by molar-refractivity contribution is 7.99. The van der Waals surface area contributed by atoms with E-state index in [9.17, 15) is 27.2 Å². The van der Waals surface area contributed by atoms with Crippen LogP contribution in [0.25, 0.3) is 5.69 Å². The zero-order valence-corrected chi connectivity index (χ0v) is 22.9. The molecule has 0 saturated heterocycles. The number of hydrogen-bond acceptors (Lipinski definition) is 6. The van der Waals surface area contributed by atoms with Crippen molar-refractivity contribution in [1.29, 1.82) is 0 Å². The normalized spacial score (nSPS) is 11.3. The van der Waals surface area contributed by atoms with E-state index in [-0.39, 0.29) is 40.5 Å². The minimum atomic E-state index is -4.61. The molecule has 4 rings (SSSR count). The van der Waals surface area contributed by atoms with E-state index >= 15 is 0 Å². The smallest absolute Gasteiger partial charge is 0.416 e. The largest absolute Gasteiger partial charge is 0.497 e. The Morgan fingerprint density at radius 1 is 1.00 bits per heavy atom. The van der Waals surface area contributed by atoms with Crippen molar-refractivity contribution in [2.24, 2.45) is 0 Å². The Bertz CT molecular complexity index is 1530. The van der Waals surface area contributed by atoms with E-state index < -0.39 is 23.5 Å². The second-order valence-corrected chi connectivity index (χ2v) is 9.89. The lowest BCUT2D eigenvalue weighted by atomic mass is 10.1. The van der Waals surface area contributed by atoms with Gasteiger partial charge in [0, 0.05) is 5.69 Å². The highest BCUT2D eigenvalue weighted by Crippen LogP contribution is 2.34. The highest BCUT2D eigenvalue weighted by Gasteiger charge is 2.31. The number of amides is 2. The van der Waals surface area contributed by atoms with Crippen LogP contribution in [-0.2, 0) is 28.7 Å². The Morgan fingerprint density at radius 2 is 1.71 bits per heavy atom. The van der Waals surface area contributed by atoms with E-state index in [1.165, 1.54) is 24.3 Å². The molecule has 214 valence electrons. The van der Waals surface area contributed by atoms with E-state index in [0.717, 1.165) is 35.5 Å². The maximum absolute atomic E-state index is 13.6. The van der Waals surface area contributed by atoms with Crippen LogP contribution in [0.2, 0.25) is 5.02 Å². The molecule has 4 aromatic rings. The van der Waals surface area contributed by atoms with Crippen LogP contribution in [0.4, 0.5) is 23.2 Å². The van der Waals surface area contributed by atoms with Gasteiger partial charge in [-0.15, -0.1) is 10.2 Å². The molecule has 3 aromatic carbocycles. The number of methoxy groups -OCH3 is 1. The number of alkyl halides is 3. The molecule has 0 spiro atoms. The summed E-state index contributed by atoms with van der Waals surface area (Å²) in [4.78, 5) is 25.1. The number of benzene rings is 3. The van der Waals surface area contributed by atoms with Gasteiger partial charge in [-0.05, 0) is 60.2 Å². The number of rotatable bonds is 10. The van der Waals surface area contributed by atoms with Crippen LogP contribution >= 0.6 is 23.4 Å². The number of ether oxygens (including phenoxy) is 1. The Labute approximate surface area is 241 Å². The quantitative estimate of drug-likeness (QED) is 0.178. The SMILES string of the molecule is COc1ccc(CC(=O)NCc2nnc(SCC(=O)Nc3cc(C(F)(F)F)ccc3Cl)n2-c2ccc(F)cc2)cc1. The second kappa shape index (κ2) is 13.0. The molecule has 1 aromatic heterocycles. The van der Waals surface area contributed by atoms with Crippen LogP contribution in [0.5, 0.6) is 5.75 Å². The molecule has 0 aliphatic rings. The third kappa shape index (κ3) is 7.98. The van der Waals surface area contributed by atoms with Crippen molar-refractivity contribution in [2.45, 2.75) is 24.3 Å². The van der Waals surface area contributed by atoms with Crippen molar-refractivity contribution in [3.8, 4) is 11.4 Å². The molecule has 0 aliphatic carbocycles. The Morgan fingerprint density at radius 3 is 2.37 bits per heavy atom. The van der Waals surface area contributed by atoms with Crippen molar-refractivity contribution in [3.05, 3.63) is 94.5 Å². The van der Waals surface area contributed by atoms with Gasteiger partial charge in [0.2, 0.25) is 11.8 Å². The number of hydrogen-bond donors (Lipinski definition) is 2. The van der Waals surface area contributed by atoms with Crippen molar-refractivity contribution < 1.29 is 31.9 Å². The molecule has 0 radical (unpaired) electrons. The van der Waals surface area contributed by atoms with Crippen LogP contribution < -0.4 is 15.4 Å². The van der Waals surface area contributed by atoms with Gasteiger partial charge in [-0.3, -0.25) is 14.2 Å². The van der Waals surface area contributed by atoms with E-state index in [2.05, 4.69) is 20.8 Å². The Hall–Kier alpha value is -4.10. The highest BCUT2D eigenvalue weighted by atomic mass is 35.5. The van der Waals surface area contributed by atoms with E-state index in [1.807, 2.05) is 0 Å². The zero-order valence-electron chi connectivity index (χ0n) is 21.3. The first-order chi connectivity index (χ1) is 19.5. The maximum atomic E-state index is 13.6. The van der Waals surface area contributed by atoms with Crippen molar-refractivity contribution >= 4 is 40.9 Å². The van der Waals surface area contributed by atoms with Gasteiger partial charge in [-0.2, -0.15) is 13.2 Å². The number of nitrogens with zero attached hydrogens (tertiary/aromatic N) is 3. The summed E-state index contributed by atoms with van der Waals surface area (Å²) in [6.45, 7) is -0.0219. The summed E-state index contributed by atoms with van der Waals surface area (Å²) in [6.07, 6.45) is -4.50. The van der Waals surface area contributed by atoms with E-state index in [0.29, 0.717) is 17.3 Å². The fourth-order valence-electron chi connectivity index (χ4n) is 3.64. The van der Waals surface area contributed by atoms with Gasteiger partial charge in [0.05, 0.1) is 42.1 Å². The molecule has 2 amide bonds. The summed E-state index contributed by atoms with van der Waals surface area (Å²) >= 11 is 6.91. The van der Waals surface area contributed by atoms with Crippen LogP contribution in [-0.4, -0.2) is 39.4 Å². The topological polar surface area (TPSA) is 98.1 Å². The first kappa shape index (κ1) is 29.9. The number of halogens is 5. The summed E-state index contributed by atoms with van der Waals surface area (Å²) in [5.74, 6) is -0.672. The molecule has 0 atom stereocenters. The summed E-state index contributed by atoms with van der Waals surface area (Å²) in [5, 5.41) is 13.5. The predicted octanol–water partition coefficient (Wildman–Crippen LogP) is 5.68.